The van der Waals surface area contributed by atoms with Gasteiger partial charge in [-0.2, -0.15) is 0 Å². The van der Waals surface area contributed by atoms with Crippen LogP contribution < -0.4 is 0 Å². The molecular weight excluding hydrogens is 207 g/mol. The first-order valence-corrected chi connectivity index (χ1v) is 5.17. The number of rotatable bonds is 1. The van der Waals surface area contributed by atoms with Crippen LogP contribution in [0.1, 0.15) is 5.56 Å². The van der Waals surface area contributed by atoms with Crippen LogP contribution in [0, 0.1) is 12.7 Å². The van der Waals surface area contributed by atoms with Gasteiger partial charge in [0.2, 0.25) is 0 Å². The van der Waals surface area contributed by atoms with Gasteiger partial charge in [-0.1, -0.05) is 18.2 Å². The van der Waals surface area contributed by atoms with Gasteiger partial charge in [-0.25, -0.2) is 4.39 Å². The normalized spacial score (nSPS) is 10.3. The fraction of sp³-hybridized carbons (Fsp3) is 0.0769. The molecule has 0 atom stereocenters. The summed E-state index contributed by atoms with van der Waals surface area (Å²) in [6.07, 6.45) is 0. The van der Waals surface area contributed by atoms with Gasteiger partial charge in [0.25, 0.3) is 0 Å². The monoisotopic (exact) mass is 218 g/mol. The lowest BCUT2D eigenvalue weighted by atomic mass is 10.0. The molecule has 0 aliphatic carbocycles. The maximum absolute atomic E-state index is 12.9. The van der Waals surface area contributed by atoms with Crippen LogP contribution in [0.4, 0.5) is 4.39 Å². The largest absolute Gasteiger partial charge is 0.207 e. The van der Waals surface area contributed by atoms with Crippen LogP contribution in [-0.4, -0.2) is 0 Å². The lowest BCUT2D eigenvalue weighted by molar-refractivity contribution is 0.627. The molecule has 0 saturated carbocycles. The summed E-state index contributed by atoms with van der Waals surface area (Å²) in [5.74, 6) is -0.193. The van der Waals surface area contributed by atoms with Crippen molar-refractivity contribution in [3.8, 4) is 11.1 Å². The number of aryl methyl sites for hydroxylation is 1. The van der Waals surface area contributed by atoms with Crippen LogP contribution in [0.3, 0.4) is 0 Å². The Labute approximate surface area is 94.2 Å². The van der Waals surface area contributed by atoms with E-state index >= 15 is 0 Å². The van der Waals surface area contributed by atoms with E-state index in [1.165, 1.54) is 6.07 Å². The first kappa shape index (κ1) is 10.2. The molecular formula is C13H11FS. The zero-order valence-corrected chi connectivity index (χ0v) is 9.26. The minimum atomic E-state index is -0.193. The molecule has 0 aliphatic heterocycles. The highest BCUT2D eigenvalue weighted by molar-refractivity contribution is 7.80. The third-order valence-electron chi connectivity index (χ3n) is 2.37. The van der Waals surface area contributed by atoms with Crippen LogP contribution in [0.25, 0.3) is 11.1 Å². The minimum Gasteiger partial charge on any atom is -0.207 e. The summed E-state index contributed by atoms with van der Waals surface area (Å²) in [5, 5.41) is 0. The lowest BCUT2D eigenvalue weighted by Crippen LogP contribution is -1.84. The Kier molecular flexibility index (Phi) is 2.78. The van der Waals surface area contributed by atoms with Gasteiger partial charge >= 0.3 is 0 Å². The van der Waals surface area contributed by atoms with Crippen molar-refractivity contribution in [1.82, 2.24) is 0 Å². The van der Waals surface area contributed by atoms with E-state index in [4.69, 9.17) is 0 Å². The van der Waals surface area contributed by atoms with E-state index in [9.17, 15) is 4.39 Å². The predicted molar refractivity (Wildman–Crippen MR) is 63.8 cm³/mol. The first-order chi connectivity index (χ1) is 7.16. The highest BCUT2D eigenvalue weighted by atomic mass is 32.1. The van der Waals surface area contributed by atoms with Gasteiger partial charge in [0, 0.05) is 4.90 Å². The van der Waals surface area contributed by atoms with E-state index in [1.54, 1.807) is 12.1 Å². The quantitative estimate of drug-likeness (QED) is 0.685. The molecule has 2 aromatic carbocycles. The van der Waals surface area contributed by atoms with E-state index in [2.05, 4.69) is 12.6 Å². The van der Waals surface area contributed by atoms with Gasteiger partial charge in [-0.3, -0.25) is 0 Å². The summed E-state index contributed by atoms with van der Waals surface area (Å²) in [4.78, 5) is 0.929. The predicted octanol–water partition coefficient (Wildman–Crippen LogP) is 4.09. The molecule has 0 fully saturated rings. The summed E-state index contributed by atoms with van der Waals surface area (Å²) >= 11 is 4.23. The van der Waals surface area contributed by atoms with Gasteiger partial charge in [0.1, 0.15) is 5.82 Å². The molecule has 0 heterocycles. The molecule has 2 rings (SSSR count). The second-order valence-electron chi connectivity index (χ2n) is 3.51. The Bertz CT molecular complexity index is 474. The minimum absolute atomic E-state index is 0.193. The van der Waals surface area contributed by atoms with E-state index in [1.807, 2.05) is 31.2 Å². The van der Waals surface area contributed by atoms with Crippen LogP contribution >= 0.6 is 12.6 Å². The summed E-state index contributed by atoms with van der Waals surface area (Å²) in [7, 11) is 0. The fourth-order valence-corrected chi connectivity index (χ4v) is 1.74. The topological polar surface area (TPSA) is 0 Å². The molecule has 0 nitrogen and oxygen atoms in total. The van der Waals surface area contributed by atoms with Gasteiger partial charge in [0.15, 0.2) is 0 Å². The summed E-state index contributed by atoms with van der Waals surface area (Å²) in [5.41, 5.74) is 3.09. The van der Waals surface area contributed by atoms with E-state index < -0.39 is 0 Å². The van der Waals surface area contributed by atoms with Gasteiger partial charge in [-0.05, 0) is 47.9 Å². The second-order valence-corrected chi connectivity index (χ2v) is 4.02. The van der Waals surface area contributed by atoms with Crippen LogP contribution in [0.15, 0.2) is 47.4 Å². The Hall–Kier alpha value is -1.28. The molecule has 0 N–H and O–H groups in total. The van der Waals surface area contributed by atoms with Crippen molar-refractivity contribution >= 4 is 12.6 Å². The number of hydrogen-bond donors (Lipinski definition) is 1. The molecule has 0 saturated heterocycles. The maximum atomic E-state index is 12.9. The van der Waals surface area contributed by atoms with Crippen molar-refractivity contribution in [3.05, 3.63) is 53.8 Å². The number of halogens is 1. The highest BCUT2D eigenvalue weighted by Gasteiger charge is 2.02. The molecule has 0 spiro atoms. The first-order valence-electron chi connectivity index (χ1n) is 4.72. The van der Waals surface area contributed by atoms with Crippen molar-refractivity contribution in [1.29, 1.82) is 0 Å². The molecule has 76 valence electrons. The SMILES string of the molecule is Cc1cc(F)ccc1-c1ccc(S)cc1. The molecule has 0 aliphatic rings. The Balaban J connectivity index is 2.49. The van der Waals surface area contributed by atoms with E-state index in [0.29, 0.717) is 0 Å². The molecule has 0 bridgehead atoms. The third kappa shape index (κ3) is 2.21. The number of hydrogen-bond acceptors (Lipinski definition) is 1. The van der Waals surface area contributed by atoms with Gasteiger partial charge in [0.05, 0.1) is 0 Å². The Morgan fingerprint density at radius 3 is 2.27 bits per heavy atom. The molecule has 0 radical (unpaired) electrons. The van der Waals surface area contributed by atoms with Gasteiger partial charge < -0.3 is 0 Å². The van der Waals surface area contributed by atoms with Gasteiger partial charge in [-0.15, -0.1) is 12.6 Å². The Morgan fingerprint density at radius 2 is 1.67 bits per heavy atom. The summed E-state index contributed by atoms with van der Waals surface area (Å²) in [6, 6.07) is 12.7. The van der Waals surface area contributed by atoms with E-state index in [0.717, 1.165) is 21.6 Å². The average molecular weight is 218 g/mol. The van der Waals surface area contributed by atoms with Crippen molar-refractivity contribution in [3.63, 3.8) is 0 Å². The fourth-order valence-electron chi connectivity index (χ4n) is 1.59. The van der Waals surface area contributed by atoms with Crippen molar-refractivity contribution in [2.75, 3.05) is 0 Å². The number of benzene rings is 2. The molecule has 0 unspecified atom stereocenters. The summed E-state index contributed by atoms with van der Waals surface area (Å²) in [6.45, 7) is 1.91. The average Bonchev–Trinajstić information content (AvgIpc) is 2.20. The lowest BCUT2D eigenvalue weighted by Gasteiger charge is -2.06. The van der Waals surface area contributed by atoms with Crippen LogP contribution in [0.2, 0.25) is 0 Å². The van der Waals surface area contributed by atoms with Crippen molar-refractivity contribution in [2.24, 2.45) is 0 Å². The zero-order valence-electron chi connectivity index (χ0n) is 8.37. The highest BCUT2D eigenvalue weighted by Crippen LogP contribution is 2.24. The smallest absolute Gasteiger partial charge is 0.123 e. The molecule has 0 amide bonds. The van der Waals surface area contributed by atoms with Crippen LogP contribution in [-0.2, 0) is 0 Å². The third-order valence-corrected chi connectivity index (χ3v) is 2.66. The van der Waals surface area contributed by atoms with Crippen molar-refractivity contribution in [2.45, 2.75) is 11.8 Å². The molecule has 15 heavy (non-hydrogen) atoms. The number of thiol groups is 1. The van der Waals surface area contributed by atoms with E-state index in [-0.39, 0.29) is 5.82 Å². The molecule has 0 aromatic heterocycles. The Morgan fingerprint density at radius 1 is 1.00 bits per heavy atom. The second kappa shape index (κ2) is 4.07. The van der Waals surface area contributed by atoms with Crippen LogP contribution in [0.5, 0.6) is 0 Å². The standard InChI is InChI=1S/C13H11FS/c1-9-8-11(14)4-7-13(9)10-2-5-12(15)6-3-10/h2-8,15H,1H3. The molecule has 2 aromatic rings. The maximum Gasteiger partial charge on any atom is 0.123 e. The van der Waals surface area contributed by atoms with Crippen molar-refractivity contribution < 1.29 is 4.39 Å². The zero-order chi connectivity index (χ0) is 10.8. The molecule has 2 heteroatoms. The summed E-state index contributed by atoms with van der Waals surface area (Å²) < 4.78 is 12.9.